The Kier molecular flexibility index (Phi) is 4.27. The van der Waals surface area contributed by atoms with Gasteiger partial charge < -0.3 is 9.80 Å². The first-order chi connectivity index (χ1) is 10.2. The quantitative estimate of drug-likeness (QED) is 0.919. The molecule has 3 rings (SSSR count). The highest BCUT2D eigenvalue weighted by Gasteiger charge is 2.37. The lowest BCUT2D eigenvalue weighted by molar-refractivity contribution is -0.130. The van der Waals surface area contributed by atoms with E-state index < -0.39 is 0 Å². The zero-order valence-electron chi connectivity index (χ0n) is 13.0. The molecule has 2 aliphatic rings. The number of benzene rings is 1. The van der Waals surface area contributed by atoms with E-state index in [1.165, 1.54) is 37.1 Å². The van der Waals surface area contributed by atoms with Gasteiger partial charge in [0.1, 0.15) is 6.17 Å². The molecule has 1 aromatic rings. The second kappa shape index (κ2) is 6.16. The molecule has 1 aromatic carbocycles. The third-order valence-electron chi connectivity index (χ3n) is 4.71. The van der Waals surface area contributed by atoms with Crippen molar-refractivity contribution in [2.24, 2.45) is 0 Å². The van der Waals surface area contributed by atoms with Crippen LogP contribution in [0.5, 0.6) is 0 Å². The molecule has 0 aliphatic carbocycles. The van der Waals surface area contributed by atoms with Crippen molar-refractivity contribution in [3.05, 3.63) is 35.4 Å². The van der Waals surface area contributed by atoms with Gasteiger partial charge in [-0.2, -0.15) is 0 Å². The second-order valence-electron chi connectivity index (χ2n) is 6.23. The maximum atomic E-state index is 12.5. The standard InChI is InChI=1S/C17H25N3O/c1-13-7-3-4-8-15(13)16-18-14(2)17(21)20(16)12-11-19-9-5-6-10-19/h3-4,7-8,14,16,18H,5-6,9-12H2,1-2H3. The Balaban J connectivity index is 1.74. The number of hydrogen-bond acceptors (Lipinski definition) is 3. The van der Waals surface area contributed by atoms with Gasteiger partial charge in [-0.15, -0.1) is 0 Å². The average Bonchev–Trinajstić information content (AvgIpc) is 3.08. The third kappa shape index (κ3) is 2.97. The fraction of sp³-hybridized carbons (Fsp3) is 0.588. The SMILES string of the molecule is Cc1ccccc1C1NC(C)C(=O)N1CCN1CCCC1. The number of nitrogens with one attached hydrogen (secondary N) is 1. The highest BCUT2D eigenvalue weighted by Crippen LogP contribution is 2.27. The molecule has 0 spiro atoms. The van der Waals surface area contributed by atoms with Crippen molar-refractivity contribution >= 4 is 5.91 Å². The monoisotopic (exact) mass is 287 g/mol. The minimum Gasteiger partial charge on any atom is -0.320 e. The molecule has 1 amide bonds. The van der Waals surface area contributed by atoms with E-state index >= 15 is 0 Å². The van der Waals surface area contributed by atoms with Crippen LogP contribution in [0.1, 0.15) is 37.1 Å². The third-order valence-corrected chi connectivity index (χ3v) is 4.71. The molecule has 2 unspecified atom stereocenters. The van der Waals surface area contributed by atoms with Crippen molar-refractivity contribution in [1.29, 1.82) is 0 Å². The van der Waals surface area contributed by atoms with Crippen LogP contribution in [0.15, 0.2) is 24.3 Å². The van der Waals surface area contributed by atoms with Gasteiger partial charge in [0.25, 0.3) is 0 Å². The van der Waals surface area contributed by atoms with E-state index in [2.05, 4.69) is 35.3 Å². The lowest BCUT2D eigenvalue weighted by atomic mass is 10.1. The van der Waals surface area contributed by atoms with Crippen LogP contribution < -0.4 is 5.32 Å². The maximum absolute atomic E-state index is 12.5. The first-order valence-corrected chi connectivity index (χ1v) is 8.01. The van der Waals surface area contributed by atoms with Gasteiger partial charge in [0.2, 0.25) is 5.91 Å². The molecule has 2 heterocycles. The number of carbonyl (C=O) groups excluding carboxylic acids is 1. The molecular weight excluding hydrogens is 262 g/mol. The van der Waals surface area contributed by atoms with E-state index in [0.717, 1.165) is 13.1 Å². The fourth-order valence-electron chi connectivity index (χ4n) is 3.42. The summed E-state index contributed by atoms with van der Waals surface area (Å²) in [6.07, 6.45) is 2.62. The number of hydrogen-bond donors (Lipinski definition) is 1. The summed E-state index contributed by atoms with van der Waals surface area (Å²) in [6, 6.07) is 8.25. The minimum atomic E-state index is -0.0896. The van der Waals surface area contributed by atoms with Gasteiger partial charge >= 0.3 is 0 Å². The molecule has 21 heavy (non-hydrogen) atoms. The summed E-state index contributed by atoms with van der Waals surface area (Å²) < 4.78 is 0. The molecule has 114 valence electrons. The molecular formula is C17H25N3O. The number of amides is 1. The lowest BCUT2D eigenvalue weighted by Gasteiger charge is -2.27. The summed E-state index contributed by atoms with van der Waals surface area (Å²) in [5.41, 5.74) is 2.46. The summed E-state index contributed by atoms with van der Waals surface area (Å²) in [7, 11) is 0. The maximum Gasteiger partial charge on any atom is 0.241 e. The number of aryl methyl sites for hydroxylation is 1. The van der Waals surface area contributed by atoms with E-state index in [0.29, 0.717) is 0 Å². The van der Waals surface area contributed by atoms with Crippen LogP contribution in [0.3, 0.4) is 0 Å². The topological polar surface area (TPSA) is 35.6 Å². The van der Waals surface area contributed by atoms with Gasteiger partial charge in [-0.1, -0.05) is 24.3 Å². The fourth-order valence-corrected chi connectivity index (χ4v) is 3.42. The Labute approximate surface area is 127 Å². The number of nitrogens with zero attached hydrogens (tertiary/aromatic N) is 2. The van der Waals surface area contributed by atoms with Crippen molar-refractivity contribution in [3.8, 4) is 0 Å². The van der Waals surface area contributed by atoms with Crippen LogP contribution >= 0.6 is 0 Å². The molecule has 4 nitrogen and oxygen atoms in total. The van der Waals surface area contributed by atoms with Crippen LogP contribution in [-0.4, -0.2) is 47.9 Å². The molecule has 2 saturated heterocycles. The summed E-state index contributed by atoms with van der Waals surface area (Å²) in [6.45, 7) is 8.24. The van der Waals surface area contributed by atoms with Gasteiger partial charge in [0.15, 0.2) is 0 Å². The Bertz CT molecular complexity index is 511. The van der Waals surface area contributed by atoms with Crippen LogP contribution in [0.4, 0.5) is 0 Å². The molecule has 0 saturated carbocycles. The second-order valence-corrected chi connectivity index (χ2v) is 6.23. The van der Waals surface area contributed by atoms with Crippen LogP contribution in [0.2, 0.25) is 0 Å². The van der Waals surface area contributed by atoms with Crippen molar-refractivity contribution in [2.75, 3.05) is 26.2 Å². The zero-order valence-corrected chi connectivity index (χ0v) is 13.0. The number of rotatable bonds is 4. The zero-order chi connectivity index (χ0) is 14.8. The van der Waals surface area contributed by atoms with Gasteiger partial charge in [-0.3, -0.25) is 10.1 Å². The Morgan fingerprint density at radius 1 is 1.19 bits per heavy atom. The highest BCUT2D eigenvalue weighted by atomic mass is 16.2. The Hall–Kier alpha value is -1.39. The van der Waals surface area contributed by atoms with Gasteiger partial charge in [-0.25, -0.2) is 0 Å². The van der Waals surface area contributed by atoms with E-state index in [1.54, 1.807) is 0 Å². The van der Waals surface area contributed by atoms with Gasteiger partial charge in [0.05, 0.1) is 6.04 Å². The number of carbonyl (C=O) groups is 1. The Morgan fingerprint density at radius 2 is 1.90 bits per heavy atom. The van der Waals surface area contributed by atoms with Crippen LogP contribution in [0, 0.1) is 6.92 Å². The van der Waals surface area contributed by atoms with E-state index in [1.807, 2.05) is 17.9 Å². The molecule has 1 N–H and O–H groups in total. The predicted octanol–water partition coefficient (Wildman–Crippen LogP) is 1.91. The van der Waals surface area contributed by atoms with Crippen LogP contribution in [-0.2, 0) is 4.79 Å². The summed E-state index contributed by atoms with van der Waals surface area (Å²) in [5, 5.41) is 3.44. The summed E-state index contributed by atoms with van der Waals surface area (Å²) >= 11 is 0. The summed E-state index contributed by atoms with van der Waals surface area (Å²) in [5.74, 6) is 0.224. The normalized spacial score (nSPS) is 26.8. The van der Waals surface area contributed by atoms with Gasteiger partial charge in [-0.05, 0) is 50.9 Å². The first-order valence-electron chi connectivity index (χ1n) is 8.01. The minimum absolute atomic E-state index is 0.0244. The molecule has 0 radical (unpaired) electrons. The Morgan fingerprint density at radius 3 is 2.62 bits per heavy atom. The average molecular weight is 287 g/mol. The van der Waals surface area contributed by atoms with Crippen molar-refractivity contribution in [2.45, 2.75) is 38.9 Å². The van der Waals surface area contributed by atoms with E-state index in [4.69, 9.17) is 0 Å². The van der Waals surface area contributed by atoms with Crippen molar-refractivity contribution < 1.29 is 4.79 Å². The van der Waals surface area contributed by atoms with E-state index in [-0.39, 0.29) is 18.1 Å². The van der Waals surface area contributed by atoms with Crippen LogP contribution in [0.25, 0.3) is 0 Å². The highest BCUT2D eigenvalue weighted by molar-refractivity contribution is 5.84. The largest absolute Gasteiger partial charge is 0.320 e. The molecule has 2 fully saturated rings. The lowest BCUT2D eigenvalue weighted by Crippen LogP contribution is -2.37. The molecule has 2 aliphatic heterocycles. The smallest absolute Gasteiger partial charge is 0.241 e. The number of likely N-dealkylation sites (tertiary alicyclic amines) is 1. The molecule has 0 aromatic heterocycles. The van der Waals surface area contributed by atoms with E-state index in [9.17, 15) is 4.79 Å². The molecule has 2 atom stereocenters. The van der Waals surface area contributed by atoms with Gasteiger partial charge in [0, 0.05) is 13.1 Å². The summed E-state index contributed by atoms with van der Waals surface area (Å²) in [4.78, 5) is 16.9. The van der Waals surface area contributed by atoms with Crippen molar-refractivity contribution in [1.82, 2.24) is 15.1 Å². The first kappa shape index (κ1) is 14.5. The van der Waals surface area contributed by atoms with Crippen molar-refractivity contribution in [3.63, 3.8) is 0 Å². The predicted molar refractivity (Wildman–Crippen MR) is 83.9 cm³/mol. The molecule has 0 bridgehead atoms. The molecule has 4 heteroatoms.